The second-order valence-electron chi connectivity index (χ2n) is 2.71. The van der Waals surface area contributed by atoms with Gasteiger partial charge in [-0.3, -0.25) is 0 Å². The van der Waals surface area contributed by atoms with Crippen LogP contribution in [-0.4, -0.2) is 22.7 Å². The molecular weight excluding hydrogens is 194 g/mol. The number of rotatable bonds is 3. The molecular formula is C7H8F2N4O. The number of hydrogen-bond donors (Lipinski definition) is 1. The summed E-state index contributed by atoms with van der Waals surface area (Å²) in [7, 11) is 0. The van der Waals surface area contributed by atoms with E-state index in [-0.39, 0.29) is 6.73 Å². The summed E-state index contributed by atoms with van der Waals surface area (Å²) in [6.45, 7) is -2.44. The Labute approximate surface area is 78.4 Å². The normalized spacial score (nSPS) is 14.2. The first kappa shape index (κ1) is 9.07. The van der Waals surface area contributed by atoms with Gasteiger partial charge in [-0.1, -0.05) is 0 Å². The molecule has 1 aromatic rings. The minimum absolute atomic E-state index is 0.264. The minimum Gasteiger partial charge on any atom is -0.372 e. The molecule has 0 aliphatic carbocycles. The lowest BCUT2D eigenvalue weighted by Crippen LogP contribution is -2.12. The fourth-order valence-electron chi connectivity index (χ4n) is 1.15. The lowest BCUT2D eigenvalue weighted by molar-refractivity contribution is -0.155. The van der Waals surface area contributed by atoms with Crippen LogP contribution >= 0.6 is 0 Å². The van der Waals surface area contributed by atoms with E-state index >= 15 is 0 Å². The average molecular weight is 202 g/mol. The molecule has 0 bridgehead atoms. The van der Waals surface area contributed by atoms with Gasteiger partial charge >= 0.3 is 6.61 Å². The molecule has 2 heterocycles. The second-order valence-corrected chi connectivity index (χ2v) is 2.71. The predicted molar refractivity (Wildman–Crippen MR) is 44.3 cm³/mol. The molecule has 14 heavy (non-hydrogen) atoms. The van der Waals surface area contributed by atoms with Crippen LogP contribution in [-0.2, 0) is 18.0 Å². The van der Waals surface area contributed by atoms with Gasteiger partial charge in [-0.15, -0.1) is 0 Å². The fourth-order valence-corrected chi connectivity index (χ4v) is 1.15. The number of aromatic nitrogens is 2. The number of ether oxygens (including phenoxy) is 1. The first-order chi connectivity index (χ1) is 6.75. The summed E-state index contributed by atoms with van der Waals surface area (Å²) in [5.41, 5.74) is 0.866. The van der Waals surface area contributed by atoms with Crippen LogP contribution in [0.2, 0.25) is 0 Å². The summed E-state index contributed by atoms with van der Waals surface area (Å²) in [6.07, 6.45) is 3.15. The molecule has 1 aliphatic rings. The third kappa shape index (κ3) is 1.87. The van der Waals surface area contributed by atoms with Crippen molar-refractivity contribution in [2.24, 2.45) is 4.99 Å². The molecule has 2 rings (SSSR count). The number of alkyl halides is 2. The molecule has 0 amide bonds. The Balaban J connectivity index is 2.06. The molecule has 5 nitrogen and oxygen atoms in total. The lowest BCUT2D eigenvalue weighted by atomic mass is 10.3. The summed E-state index contributed by atoms with van der Waals surface area (Å²) >= 11 is 0. The van der Waals surface area contributed by atoms with Gasteiger partial charge in [-0.2, -0.15) is 13.9 Å². The van der Waals surface area contributed by atoms with Gasteiger partial charge in [-0.05, 0) is 0 Å². The summed E-state index contributed by atoms with van der Waals surface area (Å²) in [4.78, 5) is 3.93. The molecule has 76 valence electrons. The largest absolute Gasteiger partial charge is 0.372 e. The SMILES string of the molecule is FC(F)OCn1cc2c(n1)N=CNC2. The Hall–Kier alpha value is -1.50. The maximum Gasteiger partial charge on any atom is 0.346 e. The van der Waals surface area contributed by atoms with Crippen molar-refractivity contribution in [2.75, 3.05) is 0 Å². The standard InChI is InChI=1S/C7H8F2N4O/c8-7(9)14-4-13-2-5-1-10-3-11-6(5)12-13/h2-3,7H,1,4H2,(H,10,11,12). The molecule has 1 aromatic heterocycles. The van der Waals surface area contributed by atoms with E-state index in [0.29, 0.717) is 12.4 Å². The number of nitrogens with zero attached hydrogens (tertiary/aromatic N) is 3. The summed E-state index contributed by atoms with van der Waals surface area (Å²) in [5.74, 6) is 0.543. The van der Waals surface area contributed by atoms with Crippen LogP contribution in [0.15, 0.2) is 11.2 Å². The highest BCUT2D eigenvalue weighted by atomic mass is 19.3. The zero-order valence-electron chi connectivity index (χ0n) is 7.15. The predicted octanol–water partition coefficient (Wildman–Crippen LogP) is 0.843. The zero-order chi connectivity index (χ0) is 9.97. The van der Waals surface area contributed by atoms with Crippen molar-refractivity contribution in [3.63, 3.8) is 0 Å². The highest BCUT2D eigenvalue weighted by Gasteiger charge is 2.11. The maximum absolute atomic E-state index is 11.7. The molecule has 1 N–H and O–H groups in total. The number of nitrogens with one attached hydrogen (secondary N) is 1. The van der Waals surface area contributed by atoms with Gasteiger partial charge in [0.15, 0.2) is 5.82 Å². The van der Waals surface area contributed by atoms with Gasteiger partial charge in [0.25, 0.3) is 0 Å². The van der Waals surface area contributed by atoms with Crippen molar-refractivity contribution in [1.82, 2.24) is 15.1 Å². The topological polar surface area (TPSA) is 51.4 Å². The van der Waals surface area contributed by atoms with Crippen molar-refractivity contribution in [1.29, 1.82) is 0 Å². The molecule has 1 aliphatic heterocycles. The summed E-state index contributed by atoms with van der Waals surface area (Å²) in [5, 5.41) is 6.83. The van der Waals surface area contributed by atoms with E-state index in [0.717, 1.165) is 5.56 Å². The number of fused-ring (bicyclic) bond motifs is 1. The molecule has 7 heteroatoms. The van der Waals surface area contributed by atoms with E-state index in [9.17, 15) is 8.78 Å². The quantitative estimate of drug-likeness (QED) is 0.790. The number of halogens is 2. The molecule has 0 unspecified atom stereocenters. The van der Waals surface area contributed by atoms with Crippen LogP contribution in [0.5, 0.6) is 0 Å². The summed E-state index contributed by atoms with van der Waals surface area (Å²) in [6, 6.07) is 0. The van der Waals surface area contributed by atoms with Gasteiger partial charge in [0.05, 0.1) is 6.34 Å². The molecule has 0 saturated carbocycles. The van der Waals surface area contributed by atoms with Gasteiger partial charge in [0.2, 0.25) is 0 Å². The van der Waals surface area contributed by atoms with Crippen molar-refractivity contribution >= 4 is 12.2 Å². The zero-order valence-corrected chi connectivity index (χ0v) is 7.15. The third-order valence-corrected chi connectivity index (χ3v) is 1.72. The highest BCUT2D eigenvalue weighted by molar-refractivity contribution is 5.63. The van der Waals surface area contributed by atoms with Crippen molar-refractivity contribution < 1.29 is 13.5 Å². The lowest BCUT2D eigenvalue weighted by Gasteiger charge is -2.02. The maximum atomic E-state index is 11.7. The van der Waals surface area contributed by atoms with Crippen LogP contribution in [0.1, 0.15) is 5.56 Å². The first-order valence-electron chi connectivity index (χ1n) is 3.98. The van der Waals surface area contributed by atoms with Gasteiger partial charge < -0.3 is 10.1 Å². The van der Waals surface area contributed by atoms with E-state index in [1.807, 2.05) is 0 Å². The van der Waals surface area contributed by atoms with E-state index in [1.54, 1.807) is 6.20 Å². The Morgan fingerprint density at radius 2 is 2.50 bits per heavy atom. The first-order valence-corrected chi connectivity index (χ1v) is 3.98. The fraction of sp³-hybridized carbons (Fsp3) is 0.429. The van der Waals surface area contributed by atoms with E-state index < -0.39 is 6.61 Å². The summed E-state index contributed by atoms with van der Waals surface area (Å²) < 4.78 is 28.8. The Bertz CT molecular complexity index is 349. The van der Waals surface area contributed by atoms with Crippen LogP contribution in [0.3, 0.4) is 0 Å². The average Bonchev–Trinajstić information content (AvgIpc) is 2.57. The smallest absolute Gasteiger partial charge is 0.346 e. The molecule has 0 saturated heterocycles. The molecule has 0 aromatic carbocycles. The second kappa shape index (κ2) is 3.70. The molecule has 0 radical (unpaired) electrons. The van der Waals surface area contributed by atoms with Crippen LogP contribution in [0.25, 0.3) is 0 Å². The monoisotopic (exact) mass is 202 g/mol. The Morgan fingerprint density at radius 1 is 1.64 bits per heavy atom. The molecule has 0 fully saturated rings. The van der Waals surface area contributed by atoms with Gasteiger partial charge in [0, 0.05) is 18.3 Å². The van der Waals surface area contributed by atoms with Crippen molar-refractivity contribution in [2.45, 2.75) is 19.9 Å². The number of hydrogen-bond acceptors (Lipinski definition) is 4. The molecule has 0 atom stereocenters. The van der Waals surface area contributed by atoms with Crippen molar-refractivity contribution in [3.05, 3.63) is 11.8 Å². The van der Waals surface area contributed by atoms with Crippen molar-refractivity contribution in [3.8, 4) is 0 Å². The number of aliphatic imine (C=N–C) groups is 1. The van der Waals surface area contributed by atoms with Gasteiger partial charge in [-0.25, -0.2) is 9.67 Å². The Kier molecular flexibility index (Phi) is 2.40. The van der Waals surface area contributed by atoms with E-state index in [1.165, 1.54) is 11.0 Å². The van der Waals surface area contributed by atoms with E-state index in [4.69, 9.17) is 0 Å². The Morgan fingerprint density at radius 3 is 3.21 bits per heavy atom. The third-order valence-electron chi connectivity index (χ3n) is 1.72. The van der Waals surface area contributed by atoms with Crippen LogP contribution < -0.4 is 5.32 Å². The van der Waals surface area contributed by atoms with Crippen LogP contribution in [0, 0.1) is 0 Å². The van der Waals surface area contributed by atoms with Crippen LogP contribution in [0.4, 0.5) is 14.6 Å². The minimum atomic E-state index is -2.78. The highest BCUT2D eigenvalue weighted by Crippen LogP contribution is 2.18. The van der Waals surface area contributed by atoms with E-state index in [2.05, 4.69) is 20.1 Å². The van der Waals surface area contributed by atoms with Gasteiger partial charge in [0.1, 0.15) is 6.73 Å². The molecule has 0 spiro atoms.